The van der Waals surface area contributed by atoms with Crippen LogP contribution in [0.25, 0.3) is 0 Å². The predicted molar refractivity (Wildman–Crippen MR) is 283 cm³/mol. The molecule has 0 unspecified atom stereocenters. The van der Waals surface area contributed by atoms with Crippen molar-refractivity contribution in [2.75, 3.05) is 70.8 Å². The number of piperidine rings is 2. The molecular weight excluding hydrogens is 980 g/mol. The van der Waals surface area contributed by atoms with Gasteiger partial charge >= 0.3 is 0 Å². The third-order valence-corrected chi connectivity index (χ3v) is 15.8. The number of nitrogens with one attached hydrogen (secondary N) is 7. The molecule has 3 aliphatic heterocycles. The Kier molecular flexibility index (Phi) is 14.8. The van der Waals surface area contributed by atoms with E-state index in [-0.39, 0.29) is 38.7 Å². The maximum Gasteiger partial charge on any atom is 0.227 e. The minimum atomic E-state index is -0.192. The number of aromatic amines is 1. The van der Waals surface area contributed by atoms with E-state index in [1.165, 1.54) is 22.0 Å². The second-order valence-corrected chi connectivity index (χ2v) is 22.4. The average molecular weight is 1050 g/mol. The summed E-state index contributed by atoms with van der Waals surface area (Å²) >= 11 is -0.192. The van der Waals surface area contributed by atoms with Crippen molar-refractivity contribution in [3.63, 3.8) is 0 Å². The van der Waals surface area contributed by atoms with Crippen LogP contribution in [0.3, 0.4) is 0 Å². The molecule has 2 aliphatic carbocycles. The molecule has 10 rings (SSSR count). The molecule has 16 nitrogen and oxygen atoms in total. The number of allylic oxidation sites excluding steroid dienone is 1. The fraction of sp³-hybridized carbons (Fsp3) is 0.462. The highest BCUT2D eigenvalue weighted by Crippen LogP contribution is 2.40. The minimum absolute atomic E-state index is 0.0579. The van der Waals surface area contributed by atoms with Gasteiger partial charge in [-0.2, -0.15) is 5.10 Å². The number of benzene rings is 2. The molecule has 6 heterocycles. The van der Waals surface area contributed by atoms with E-state index in [0.29, 0.717) is 31.1 Å². The van der Waals surface area contributed by atoms with Gasteiger partial charge < -0.3 is 39.9 Å². The third-order valence-electron chi connectivity index (χ3n) is 13.8. The van der Waals surface area contributed by atoms with E-state index in [0.717, 1.165) is 159 Å². The molecule has 362 valence electrons. The van der Waals surface area contributed by atoms with Crippen LogP contribution in [0, 0.1) is 17.8 Å². The molecule has 0 spiro atoms. The number of H-pyrrole nitrogens is 1. The van der Waals surface area contributed by atoms with Crippen LogP contribution < -0.4 is 35.0 Å². The molecule has 4 fully saturated rings. The van der Waals surface area contributed by atoms with Crippen LogP contribution in [0.5, 0.6) is 0 Å². The zero-order valence-corrected chi connectivity index (χ0v) is 41.9. The molecule has 0 atom stereocenters. The van der Waals surface area contributed by atoms with Gasteiger partial charge in [0.2, 0.25) is 11.8 Å². The highest BCUT2D eigenvalue weighted by atomic mass is 127. The van der Waals surface area contributed by atoms with Crippen LogP contribution >= 0.6 is 21.0 Å². The fourth-order valence-corrected chi connectivity index (χ4v) is 10.7. The van der Waals surface area contributed by atoms with Crippen molar-refractivity contribution >= 4 is 76.8 Å². The number of amides is 2. The van der Waals surface area contributed by atoms with Crippen LogP contribution in [0.2, 0.25) is 0 Å². The van der Waals surface area contributed by atoms with Gasteiger partial charge in [-0.1, -0.05) is 31.2 Å². The highest BCUT2D eigenvalue weighted by Gasteiger charge is 2.30. The Hall–Kier alpha value is -5.95. The molecule has 3 aromatic heterocycles. The van der Waals surface area contributed by atoms with Crippen molar-refractivity contribution in [2.45, 2.75) is 96.8 Å². The number of aromatic nitrogens is 6. The number of carbonyl (C=O) groups excluding carboxylic acids is 2. The van der Waals surface area contributed by atoms with Gasteiger partial charge in [0.25, 0.3) is 0 Å². The highest BCUT2D eigenvalue weighted by molar-refractivity contribution is 14.2. The van der Waals surface area contributed by atoms with Crippen LogP contribution in [-0.2, 0) is 22.4 Å². The van der Waals surface area contributed by atoms with Crippen molar-refractivity contribution in [3.8, 4) is 0 Å². The molecule has 2 aromatic carbocycles. The molecule has 0 bridgehead atoms. The van der Waals surface area contributed by atoms with E-state index >= 15 is 0 Å². The number of hydrogen-bond donors (Lipinski definition) is 7. The smallest absolute Gasteiger partial charge is 0.227 e. The van der Waals surface area contributed by atoms with E-state index in [9.17, 15) is 9.59 Å². The number of rotatable bonds is 20. The normalized spacial score (nSPS) is 17.9. The summed E-state index contributed by atoms with van der Waals surface area (Å²) in [5.74, 6) is 8.67. The van der Waals surface area contributed by atoms with Crippen LogP contribution in [0.1, 0.15) is 112 Å². The maximum atomic E-state index is 13.1. The lowest BCUT2D eigenvalue weighted by Crippen LogP contribution is -2.37. The second-order valence-electron chi connectivity index (χ2n) is 19.6. The number of anilines is 7. The molecule has 5 aliphatic rings. The van der Waals surface area contributed by atoms with Gasteiger partial charge in [-0.05, 0) is 131 Å². The Labute approximate surface area is 415 Å². The van der Waals surface area contributed by atoms with Crippen molar-refractivity contribution in [3.05, 3.63) is 107 Å². The maximum absolute atomic E-state index is 13.1. The number of nitrogens with zero attached hydrogens (tertiary/aromatic N) is 7. The summed E-state index contributed by atoms with van der Waals surface area (Å²) in [5, 5.41) is 24.3. The lowest BCUT2D eigenvalue weighted by atomic mass is 9.92. The first-order valence-electron chi connectivity index (χ1n) is 25.0. The molecule has 69 heavy (non-hydrogen) atoms. The zero-order valence-electron chi connectivity index (χ0n) is 39.8. The van der Waals surface area contributed by atoms with Gasteiger partial charge in [0.05, 0.1) is 0 Å². The lowest BCUT2D eigenvalue weighted by molar-refractivity contribution is -0.117. The molecule has 2 amide bonds. The third kappa shape index (κ3) is 13.4. The molecular formula is C52H65IN14O2. The molecule has 0 radical (unpaired) electrons. The summed E-state index contributed by atoms with van der Waals surface area (Å²) in [6, 6.07) is 22.2. The van der Waals surface area contributed by atoms with Crippen molar-refractivity contribution in [2.24, 2.45) is 17.8 Å². The first-order chi connectivity index (χ1) is 33.7. The van der Waals surface area contributed by atoms with Crippen LogP contribution in [0.4, 0.5) is 40.5 Å². The van der Waals surface area contributed by atoms with Gasteiger partial charge in [0, 0.05) is 117 Å². The second kappa shape index (κ2) is 21.8. The summed E-state index contributed by atoms with van der Waals surface area (Å²) in [6.07, 6.45) is 13.6. The first-order valence-corrected chi connectivity index (χ1v) is 27.1. The van der Waals surface area contributed by atoms with E-state index < -0.39 is 0 Å². The minimum Gasteiger partial charge on any atom is -0.369 e. The Bertz CT molecular complexity index is 2640. The molecule has 2 saturated carbocycles. The molecule has 2 saturated heterocycles. The van der Waals surface area contributed by atoms with E-state index in [2.05, 4.69) is 88.2 Å². The predicted octanol–water partition coefficient (Wildman–Crippen LogP) is 8.85. The molecule has 5 aromatic rings. The van der Waals surface area contributed by atoms with Gasteiger partial charge in [-0.25, -0.2) is 19.9 Å². The topological polar surface area (TPSA) is 193 Å². The SMILES string of the molecule is CC1=INC(Nc2cc(NCCN3CCC(CCC(=O)Nc4ccc(Cc5nc(Nc6cc(C7CC7)[nH]n6)cc(N6CCC(C)CC6)n5)cc4)CC3)nc(Cc3ccc(NC(=O)C4CC4)cc3)n2)=C1. The summed E-state index contributed by atoms with van der Waals surface area (Å²) in [5.41, 5.74) is 4.97. The van der Waals surface area contributed by atoms with Crippen molar-refractivity contribution in [1.29, 1.82) is 0 Å². The van der Waals surface area contributed by atoms with Gasteiger partial charge in [0.1, 0.15) is 40.7 Å². The Balaban J connectivity index is 0.670. The average Bonchev–Trinajstić information content (AvgIpc) is 4.29. The largest absolute Gasteiger partial charge is 0.369 e. The summed E-state index contributed by atoms with van der Waals surface area (Å²) in [4.78, 5) is 50.0. The van der Waals surface area contributed by atoms with Crippen molar-refractivity contribution < 1.29 is 9.59 Å². The van der Waals surface area contributed by atoms with Crippen molar-refractivity contribution in [1.82, 2.24) is 38.6 Å². The summed E-state index contributed by atoms with van der Waals surface area (Å²) in [6.45, 7) is 10.2. The summed E-state index contributed by atoms with van der Waals surface area (Å²) < 4.78 is 4.86. The first kappa shape index (κ1) is 46.8. The number of likely N-dealkylation sites (tertiary alicyclic amines) is 1. The zero-order chi connectivity index (χ0) is 47.1. The Morgan fingerprint density at radius 3 is 2.06 bits per heavy atom. The number of halogens is 1. The van der Waals surface area contributed by atoms with E-state index in [4.69, 9.17) is 19.9 Å². The number of hydrogen-bond acceptors (Lipinski definition) is 13. The van der Waals surface area contributed by atoms with Gasteiger partial charge in [-0.3, -0.25) is 14.7 Å². The van der Waals surface area contributed by atoms with E-state index in [1.807, 2.05) is 48.5 Å². The Morgan fingerprint density at radius 2 is 1.39 bits per heavy atom. The van der Waals surface area contributed by atoms with Gasteiger partial charge in [-0.15, -0.1) is 0 Å². The molecule has 7 N–H and O–H groups in total. The van der Waals surface area contributed by atoms with E-state index in [1.54, 1.807) is 0 Å². The van der Waals surface area contributed by atoms with Crippen LogP contribution in [-0.4, -0.2) is 89.6 Å². The standard InChI is InChI=1S/C52H65IN14O2/c1-33-17-24-67(25-18-33)50-32-47(61-49-30-42(64-65-49)38-8-9-38)59-45(62-50)29-37-3-12-40(13-4-37)55-51(68)16-7-35-19-22-66(23-20-35)26-21-54-43-31-46(60-48-27-34(2)53-63-48)58-44(57-43)28-36-5-14-41(15-6-36)56-52(69)39-10-11-39/h3-6,12-15,27,30-33,35,38-39,63H,7-11,16-26,28-29H2,1-2H3,(H,55,68)(H,56,69)(H2,54,57,58,60)(H2,59,61,62,64,65). The quantitative estimate of drug-likeness (QED) is 0.0289. The van der Waals surface area contributed by atoms with Gasteiger partial charge in [0.15, 0.2) is 5.82 Å². The Morgan fingerprint density at radius 1 is 0.725 bits per heavy atom. The fourth-order valence-electron chi connectivity index (χ4n) is 9.23. The molecule has 17 heteroatoms. The lowest BCUT2D eigenvalue weighted by Gasteiger charge is -2.32. The van der Waals surface area contributed by atoms with Crippen LogP contribution in [0.15, 0.2) is 78.6 Å². The summed E-state index contributed by atoms with van der Waals surface area (Å²) in [7, 11) is 0. The number of carbonyl (C=O) groups is 2. The monoisotopic (exact) mass is 1040 g/mol.